The smallest absolute Gasteiger partial charge is 0.315 e. The number of fused-ring (bicyclic) bond motifs is 1. The molecular formula is C39H45ClN12O3. The molecule has 6 aromatic rings. The number of rotatable bonds is 12. The molecule has 1 saturated heterocycles. The lowest BCUT2D eigenvalue weighted by molar-refractivity contribution is 0.00497. The van der Waals surface area contributed by atoms with Crippen molar-refractivity contribution in [2.75, 3.05) is 29.9 Å². The summed E-state index contributed by atoms with van der Waals surface area (Å²) in [5.74, 6) is 1.06. The van der Waals surface area contributed by atoms with E-state index in [1.165, 1.54) is 4.80 Å². The number of carbonyl (C=O) groups is 1. The summed E-state index contributed by atoms with van der Waals surface area (Å²) in [7, 11) is 0. The number of aliphatic hydroxyl groups excluding tert-OH is 2. The Kier molecular flexibility index (Phi) is 11.5. The first-order valence-electron chi connectivity index (χ1n) is 18.5. The minimum atomic E-state index is -1.11. The lowest BCUT2D eigenvalue weighted by Crippen LogP contribution is -2.43. The quantitative estimate of drug-likeness (QED) is 0.121. The molecular weight excluding hydrogens is 720 g/mol. The number of hydrogen-bond acceptors (Lipinski definition) is 11. The van der Waals surface area contributed by atoms with E-state index < -0.39 is 24.3 Å². The minimum absolute atomic E-state index is 0. The molecule has 0 spiro atoms. The van der Waals surface area contributed by atoms with Gasteiger partial charge in [0.25, 0.3) is 0 Å². The van der Waals surface area contributed by atoms with E-state index in [2.05, 4.69) is 60.3 Å². The van der Waals surface area contributed by atoms with Gasteiger partial charge in [0.2, 0.25) is 5.95 Å². The molecule has 0 radical (unpaired) electrons. The van der Waals surface area contributed by atoms with E-state index in [9.17, 15) is 15.0 Å². The van der Waals surface area contributed by atoms with Crippen molar-refractivity contribution in [3.05, 3.63) is 120 Å². The number of hydrogen-bond donors (Lipinski definition) is 5. The number of halogens is 1. The summed E-state index contributed by atoms with van der Waals surface area (Å²) in [5, 5.41) is 41.2. The van der Waals surface area contributed by atoms with Crippen LogP contribution in [-0.2, 0) is 13.0 Å². The summed E-state index contributed by atoms with van der Waals surface area (Å²) < 4.78 is 1.84. The lowest BCUT2D eigenvalue weighted by Gasteiger charge is -2.22. The average Bonchev–Trinajstić information content (AvgIpc) is 4.03. The number of aromatic nitrogens is 8. The Balaban J connectivity index is 0.00000465. The molecule has 15 nitrogen and oxygen atoms in total. The highest BCUT2D eigenvalue weighted by atomic mass is 35.5. The Morgan fingerprint density at radius 2 is 1.65 bits per heavy atom. The van der Waals surface area contributed by atoms with E-state index in [1.54, 1.807) is 24.9 Å². The predicted octanol–water partition coefficient (Wildman–Crippen LogP) is 4.03. The maximum absolute atomic E-state index is 12.8. The van der Waals surface area contributed by atoms with Crippen LogP contribution in [0.25, 0.3) is 11.2 Å². The molecule has 2 amide bonds. The largest absolute Gasteiger partial charge is 0.388 e. The molecule has 2 aliphatic rings. The summed E-state index contributed by atoms with van der Waals surface area (Å²) in [4.78, 5) is 35.3. The van der Waals surface area contributed by atoms with Gasteiger partial charge in [-0.2, -0.15) is 25.0 Å². The highest BCUT2D eigenvalue weighted by molar-refractivity contribution is 5.85. The van der Waals surface area contributed by atoms with Gasteiger partial charge in [0.1, 0.15) is 18.2 Å². The van der Waals surface area contributed by atoms with Gasteiger partial charge in [-0.25, -0.2) is 9.78 Å². The van der Waals surface area contributed by atoms with E-state index in [1.807, 2.05) is 60.0 Å². The zero-order valence-electron chi connectivity index (χ0n) is 30.4. The van der Waals surface area contributed by atoms with E-state index in [0.717, 1.165) is 28.8 Å². The summed E-state index contributed by atoms with van der Waals surface area (Å²) in [6, 6.07) is 23.0. The summed E-state index contributed by atoms with van der Waals surface area (Å²) in [5.41, 5.74) is 5.19. The Hall–Kier alpha value is -5.64. The third-order valence-electron chi connectivity index (χ3n) is 10.5. The second-order valence-electron chi connectivity index (χ2n) is 13.9. The maximum atomic E-state index is 12.8. The highest BCUT2D eigenvalue weighted by Gasteiger charge is 2.45. The minimum Gasteiger partial charge on any atom is -0.388 e. The van der Waals surface area contributed by atoms with Crippen LogP contribution >= 0.6 is 12.4 Å². The standard InChI is InChI=1S/C39H44N12O3.ClH/c1-2-28-21-44-51(48-28)32-19-31(34(52)35(32)53)50-24-43-33-36(41-22-30(26-9-5-3-6-10-26)27-11-7-4-8-12-27)46-38(47-37(33)50)49-18-15-29(23-49)45-39(54)42-20-25-13-16-40-17-14-25;/h3-14,16-17,21,24,29-32,34-35,52-53H,2,15,18-20,22-23H2,1H3,(H,41,46,47)(H2,42,45,54);1H/t29?,31-,32+,34+,35-;/m1./s1. The SMILES string of the molecule is CCc1cnn([C@H]2C[C@@H](n3cnc4c(NCC(c5ccccc5)c5ccccc5)nc(N5CCC(NC(=O)NCc6ccncc6)C5)nc43)[C@H](O)[C@@H]2O)n1.Cl. The number of amides is 2. The van der Waals surface area contributed by atoms with Crippen LogP contribution in [-0.4, -0.2) is 93.6 Å². The average molecular weight is 765 g/mol. The van der Waals surface area contributed by atoms with Gasteiger partial charge in [-0.05, 0) is 48.1 Å². The van der Waals surface area contributed by atoms with Crippen molar-refractivity contribution in [2.45, 2.75) is 69.0 Å². The second kappa shape index (κ2) is 16.8. The summed E-state index contributed by atoms with van der Waals surface area (Å²) >= 11 is 0. The zero-order valence-corrected chi connectivity index (χ0v) is 31.2. The first-order chi connectivity index (χ1) is 26.4. The van der Waals surface area contributed by atoms with Crippen molar-refractivity contribution >= 4 is 41.4 Å². The van der Waals surface area contributed by atoms with Gasteiger partial charge in [0, 0.05) is 50.5 Å². The number of carbonyl (C=O) groups excluding carboxylic acids is 1. The number of imidazole rings is 1. The molecule has 55 heavy (non-hydrogen) atoms. The monoisotopic (exact) mass is 764 g/mol. The molecule has 0 bridgehead atoms. The zero-order chi connectivity index (χ0) is 37.0. The maximum Gasteiger partial charge on any atom is 0.315 e. The van der Waals surface area contributed by atoms with Crippen LogP contribution < -0.4 is 20.9 Å². The fourth-order valence-electron chi connectivity index (χ4n) is 7.51. The summed E-state index contributed by atoms with van der Waals surface area (Å²) in [6.45, 7) is 4.07. The number of urea groups is 1. The van der Waals surface area contributed by atoms with Crippen molar-refractivity contribution in [3.8, 4) is 0 Å². The Labute approximate surface area is 324 Å². The first kappa shape index (κ1) is 37.7. The van der Waals surface area contributed by atoms with Crippen molar-refractivity contribution in [3.63, 3.8) is 0 Å². The molecule has 5 N–H and O–H groups in total. The van der Waals surface area contributed by atoms with Crippen LogP contribution in [0.4, 0.5) is 16.6 Å². The van der Waals surface area contributed by atoms with E-state index >= 15 is 0 Å². The molecule has 5 heterocycles. The number of pyridine rings is 1. The van der Waals surface area contributed by atoms with Gasteiger partial charge >= 0.3 is 6.03 Å². The Morgan fingerprint density at radius 1 is 0.945 bits per heavy atom. The van der Waals surface area contributed by atoms with Gasteiger partial charge in [-0.3, -0.25) is 4.98 Å². The van der Waals surface area contributed by atoms with E-state index in [0.29, 0.717) is 62.0 Å². The Morgan fingerprint density at radius 3 is 2.35 bits per heavy atom. The van der Waals surface area contributed by atoms with Crippen LogP contribution in [0.15, 0.2) is 97.7 Å². The van der Waals surface area contributed by atoms with Gasteiger partial charge < -0.3 is 35.6 Å². The molecule has 2 fully saturated rings. The van der Waals surface area contributed by atoms with Gasteiger partial charge in [-0.15, -0.1) is 12.4 Å². The fourth-order valence-corrected chi connectivity index (χ4v) is 7.51. The second-order valence-corrected chi connectivity index (χ2v) is 13.9. The van der Waals surface area contributed by atoms with Crippen LogP contribution in [0.2, 0.25) is 0 Å². The molecule has 16 heteroatoms. The van der Waals surface area contributed by atoms with Crippen molar-refractivity contribution in [1.82, 2.24) is 50.1 Å². The molecule has 2 aromatic carbocycles. The number of benzene rings is 2. The normalized spacial score (nSPS) is 20.8. The molecule has 8 rings (SSSR count). The molecule has 1 aliphatic carbocycles. The Bertz CT molecular complexity index is 2130. The number of aryl methyl sites for hydroxylation is 1. The number of aliphatic hydroxyl groups is 2. The molecule has 1 unspecified atom stereocenters. The highest BCUT2D eigenvalue weighted by Crippen LogP contribution is 2.40. The molecule has 286 valence electrons. The third kappa shape index (κ3) is 8.09. The third-order valence-corrected chi connectivity index (χ3v) is 10.5. The number of nitrogens with zero attached hydrogens (tertiary/aromatic N) is 9. The van der Waals surface area contributed by atoms with Gasteiger partial charge in [0.15, 0.2) is 17.0 Å². The van der Waals surface area contributed by atoms with Crippen LogP contribution in [0, 0.1) is 0 Å². The molecule has 4 aromatic heterocycles. The van der Waals surface area contributed by atoms with Crippen molar-refractivity contribution in [1.29, 1.82) is 0 Å². The van der Waals surface area contributed by atoms with Crippen LogP contribution in [0.1, 0.15) is 60.2 Å². The first-order valence-corrected chi connectivity index (χ1v) is 18.5. The molecule has 1 aliphatic heterocycles. The lowest BCUT2D eigenvalue weighted by atomic mass is 9.91. The number of anilines is 2. The molecule has 5 atom stereocenters. The van der Waals surface area contributed by atoms with E-state index in [4.69, 9.17) is 15.0 Å². The predicted molar refractivity (Wildman–Crippen MR) is 210 cm³/mol. The fraction of sp³-hybridized carbons (Fsp3) is 0.359. The van der Waals surface area contributed by atoms with Gasteiger partial charge in [-0.1, -0.05) is 67.6 Å². The van der Waals surface area contributed by atoms with Crippen molar-refractivity contribution in [2.24, 2.45) is 0 Å². The topological polar surface area (TPSA) is 184 Å². The number of nitrogens with one attached hydrogen (secondary N) is 3. The van der Waals surface area contributed by atoms with E-state index in [-0.39, 0.29) is 30.4 Å². The summed E-state index contributed by atoms with van der Waals surface area (Å²) in [6.07, 6.45) is 6.37. The van der Waals surface area contributed by atoms with Crippen molar-refractivity contribution < 1.29 is 15.0 Å². The molecule has 1 saturated carbocycles. The van der Waals surface area contributed by atoms with Crippen LogP contribution in [0.3, 0.4) is 0 Å². The van der Waals surface area contributed by atoms with Crippen LogP contribution in [0.5, 0.6) is 0 Å². The van der Waals surface area contributed by atoms with Gasteiger partial charge in [0.05, 0.1) is 24.3 Å².